The Morgan fingerprint density at radius 2 is 1.90 bits per heavy atom. The molecule has 0 aliphatic carbocycles. The van der Waals surface area contributed by atoms with Crippen LogP contribution in [0.5, 0.6) is 0 Å². The molecule has 3 aromatic heterocycles. The highest BCUT2D eigenvalue weighted by atomic mass is 19.4. The van der Waals surface area contributed by atoms with Crippen LogP contribution in [0.2, 0.25) is 0 Å². The highest BCUT2D eigenvalue weighted by molar-refractivity contribution is 6.06. The van der Waals surface area contributed by atoms with Crippen LogP contribution in [0.1, 0.15) is 28.5 Å². The number of β-amino-alcohol motifs (C(OH)–C–C–N with tert-alkyl or cyclic N) is 1. The fourth-order valence-electron chi connectivity index (χ4n) is 4.79. The SMILES string of the molecule is CCn1cc(C(=O)Nc2cc(-c3ccnc(N4CC(O)C4)c3)c(C)nc2N2CCOCC2)cc(C(F)(F)F)c1=O. The summed E-state index contributed by atoms with van der Waals surface area (Å²) < 4.78 is 47.0. The van der Waals surface area contributed by atoms with Crippen LogP contribution >= 0.6 is 0 Å². The fourth-order valence-corrected chi connectivity index (χ4v) is 4.79. The van der Waals surface area contributed by atoms with Crippen molar-refractivity contribution in [3.63, 3.8) is 0 Å². The maximum absolute atomic E-state index is 13.6. The molecule has 2 saturated heterocycles. The topological polar surface area (TPSA) is 113 Å². The summed E-state index contributed by atoms with van der Waals surface area (Å²) in [4.78, 5) is 38.7. The number of hydrogen-bond acceptors (Lipinski definition) is 8. The molecule has 0 unspecified atom stereocenters. The van der Waals surface area contributed by atoms with Crippen molar-refractivity contribution in [2.45, 2.75) is 32.7 Å². The van der Waals surface area contributed by atoms with E-state index in [-0.39, 0.29) is 12.1 Å². The Kier molecular flexibility index (Phi) is 7.51. The third-order valence-electron chi connectivity index (χ3n) is 6.99. The van der Waals surface area contributed by atoms with E-state index in [1.165, 1.54) is 6.92 Å². The molecule has 10 nitrogen and oxygen atoms in total. The number of carbonyl (C=O) groups is 1. The van der Waals surface area contributed by atoms with E-state index in [0.29, 0.717) is 74.0 Å². The van der Waals surface area contributed by atoms with Gasteiger partial charge in [0.2, 0.25) is 0 Å². The maximum atomic E-state index is 13.6. The molecule has 13 heteroatoms. The van der Waals surface area contributed by atoms with Crippen molar-refractivity contribution in [3.05, 3.63) is 63.8 Å². The molecule has 5 rings (SSSR count). The molecule has 2 aliphatic heterocycles. The minimum Gasteiger partial charge on any atom is -0.389 e. The normalized spacial score (nSPS) is 16.1. The van der Waals surface area contributed by atoms with Crippen LogP contribution in [-0.2, 0) is 17.5 Å². The first-order chi connectivity index (χ1) is 19.0. The van der Waals surface area contributed by atoms with E-state index in [2.05, 4.69) is 10.3 Å². The maximum Gasteiger partial charge on any atom is 0.421 e. The second-order valence-electron chi connectivity index (χ2n) is 9.74. The molecule has 212 valence electrons. The molecule has 0 radical (unpaired) electrons. The van der Waals surface area contributed by atoms with Crippen molar-refractivity contribution in [3.8, 4) is 11.1 Å². The summed E-state index contributed by atoms with van der Waals surface area (Å²) >= 11 is 0. The lowest BCUT2D eigenvalue weighted by Gasteiger charge is -2.37. The van der Waals surface area contributed by atoms with Gasteiger partial charge in [-0.1, -0.05) is 0 Å². The number of nitrogens with zero attached hydrogens (tertiary/aromatic N) is 5. The number of pyridine rings is 3. The van der Waals surface area contributed by atoms with Crippen molar-refractivity contribution >= 4 is 23.2 Å². The summed E-state index contributed by atoms with van der Waals surface area (Å²) in [7, 11) is 0. The molecule has 5 heterocycles. The number of morpholine rings is 1. The van der Waals surface area contributed by atoms with Crippen LogP contribution < -0.4 is 20.7 Å². The number of carbonyl (C=O) groups excluding carboxylic acids is 1. The lowest BCUT2D eigenvalue weighted by Crippen LogP contribution is -2.51. The van der Waals surface area contributed by atoms with Crippen LogP contribution in [0.3, 0.4) is 0 Å². The van der Waals surface area contributed by atoms with Crippen molar-refractivity contribution in [1.82, 2.24) is 14.5 Å². The number of nitrogens with one attached hydrogen (secondary N) is 1. The van der Waals surface area contributed by atoms with Crippen LogP contribution in [0.15, 0.2) is 41.5 Å². The van der Waals surface area contributed by atoms with Gasteiger partial charge in [0.25, 0.3) is 11.5 Å². The van der Waals surface area contributed by atoms with E-state index in [9.17, 15) is 27.9 Å². The van der Waals surface area contributed by atoms with E-state index in [1.807, 2.05) is 22.8 Å². The molecule has 40 heavy (non-hydrogen) atoms. The number of ether oxygens (including phenoxy) is 1. The Balaban J connectivity index is 1.55. The van der Waals surface area contributed by atoms with Gasteiger partial charge in [-0.15, -0.1) is 0 Å². The summed E-state index contributed by atoms with van der Waals surface area (Å²) in [5.41, 5.74) is -0.439. The van der Waals surface area contributed by atoms with Gasteiger partial charge < -0.3 is 29.5 Å². The zero-order valence-electron chi connectivity index (χ0n) is 22.0. The van der Waals surface area contributed by atoms with Crippen LogP contribution in [-0.4, -0.2) is 71.0 Å². The van der Waals surface area contributed by atoms with Crippen molar-refractivity contribution in [2.24, 2.45) is 0 Å². The molecule has 0 spiro atoms. The number of rotatable bonds is 6. The highest BCUT2D eigenvalue weighted by Gasteiger charge is 2.35. The van der Waals surface area contributed by atoms with Gasteiger partial charge >= 0.3 is 6.18 Å². The Labute approximate surface area is 228 Å². The molecule has 0 aromatic carbocycles. The quantitative estimate of drug-likeness (QED) is 0.475. The fraction of sp³-hybridized carbons (Fsp3) is 0.407. The molecule has 1 amide bonds. The van der Waals surface area contributed by atoms with Gasteiger partial charge in [-0.05, 0) is 43.7 Å². The van der Waals surface area contributed by atoms with Crippen molar-refractivity contribution < 1.29 is 27.8 Å². The number of halogens is 3. The monoisotopic (exact) mass is 558 g/mol. The zero-order valence-corrected chi connectivity index (χ0v) is 22.0. The van der Waals surface area contributed by atoms with E-state index in [4.69, 9.17) is 9.72 Å². The number of aliphatic hydroxyl groups is 1. The third kappa shape index (κ3) is 5.52. The van der Waals surface area contributed by atoms with Crippen molar-refractivity contribution in [1.29, 1.82) is 0 Å². The average Bonchev–Trinajstić information content (AvgIpc) is 2.92. The molecule has 3 aromatic rings. The first-order valence-corrected chi connectivity index (χ1v) is 12.9. The number of aryl methyl sites for hydroxylation is 2. The number of aromatic nitrogens is 3. The Bertz CT molecular complexity index is 1480. The largest absolute Gasteiger partial charge is 0.421 e. The molecular weight excluding hydrogens is 529 g/mol. The predicted molar refractivity (Wildman–Crippen MR) is 143 cm³/mol. The first kappa shape index (κ1) is 27.6. The smallest absolute Gasteiger partial charge is 0.389 e. The molecule has 0 atom stereocenters. The predicted octanol–water partition coefficient (Wildman–Crippen LogP) is 2.92. The summed E-state index contributed by atoms with van der Waals surface area (Å²) in [5.74, 6) is 0.355. The van der Waals surface area contributed by atoms with E-state index in [0.717, 1.165) is 16.3 Å². The molecule has 0 saturated carbocycles. The van der Waals surface area contributed by atoms with Crippen LogP contribution in [0, 0.1) is 6.92 Å². The molecule has 2 N–H and O–H groups in total. The summed E-state index contributed by atoms with van der Waals surface area (Å²) in [6, 6.07) is 5.99. The van der Waals surface area contributed by atoms with Gasteiger partial charge in [-0.25, -0.2) is 9.97 Å². The molecule has 0 bridgehead atoms. The number of amides is 1. The summed E-state index contributed by atoms with van der Waals surface area (Å²) in [6.07, 6.45) is -2.54. The standard InChI is InChI=1S/C27H29F3N6O4/c1-3-34-13-18(10-21(26(34)39)27(28,29)30)25(38)33-22-12-20(16(2)32-24(22)35-6-8-40-9-7-35)17-4-5-31-23(11-17)36-14-19(37)15-36/h4-5,10-13,19,37H,3,6-9,14-15H2,1-2H3,(H,33,38). The minimum absolute atomic E-state index is 0.0310. The summed E-state index contributed by atoms with van der Waals surface area (Å²) in [6.45, 7) is 6.25. The zero-order chi connectivity index (χ0) is 28.6. The van der Waals surface area contributed by atoms with Crippen molar-refractivity contribution in [2.75, 3.05) is 54.5 Å². The van der Waals surface area contributed by atoms with E-state index in [1.54, 1.807) is 18.3 Å². The number of anilines is 3. The number of aliphatic hydroxyl groups excluding tert-OH is 1. The van der Waals surface area contributed by atoms with E-state index < -0.39 is 29.3 Å². The molecule has 2 fully saturated rings. The lowest BCUT2D eigenvalue weighted by atomic mass is 10.0. The first-order valence-electron chi connectivity index (χ1n) is 12.9. The van der Waals surface area contributed by atoms with Crippen LogP contribution in [0.4, 0.5) is 30.5 Å². The van der Waals surface area contributed by atoms with Gasteiger partial charge in [-0.2, -0.15) is 13.2 Å². The Morgan fingerprint density at radius 3 is 2.55 bits per heavy atom. The average molecular weight is 559 g/mol. The Hall–Kier alpha value is -3.97. The Morgan fingerprint density at radius 1 is 1.18 bits per heavy atom. The number of hydrogen-bond donors (Lipinski definition) is 2. The van der Waals surface area contributed by atoms with Gasteiger partial charge in [0.05, 0.1) is 30.6 Å². The van der Waals surface area contributed by atoms with Gasteiger partial charge in [-0.3, -0.25) is 9.59 Å². The van der Waals surface area contributed by atoms with Gasteiger partial charge in [0, 0.05) is 56.4 Å². The van der Waals surface area contributed by atoms with Gasteiger partial charge in [0.15, 0.2) is 5.82 Å². The second-order valence-corrected chi connectivity index (χ2v) is 9.74. The van der Waals surface area contributed by atoms with E-state index >= 15 is 0 Å². The highest BCUT2D eigenvalue weighted by Crippen LogP contribution is 2.34. The minimum atomic E-state index is -4.91. The van der Waals surface area contributed by atoms with Crippen LogP contribution in [0.25, 0.3) is 11.1 Å². The summed E-state index contributed by atoms with van der Waals surface area (Å²) in [5, 5.41) is 12.4. The third-order valence-corrected chi connectivity index (χ3v) is 6.99. The number of alkyl halides is 3. The second kappa shape index (κ2) is 10.9. The molecule has 2 aliphatic rings. The lowest BCUT2D eigenvalue weighted by molar-refractivity contribution is -0.139. The van der Waals surface area contributed by atoms with Gasteiger partial charge in [0.1, 0.15) is 11.4 Å². The molecular formula is C27H29F3N6O4.